The van der Waals surface area contributed by atoms with Crippen LogP contribution >= 0.6 is 0 Å². The van der Waals surface area contributed by atoms with Gasteiger partial charge in [-0.15, -0.1) is 0 Å². The standard InChI is InChI=1S/C11H15N3O2/c1-11(5-2-6-11)14-9-7(12)3-4-8(13-9)10(15)16/h3-4H,2,5-6,12H2,1H3,(H,13,14)(H,15,16). The highest BCUT2D eigenvalue weighted by Gasteiger charge is 2.32. The number of hydrogen-bond donors (Lipinski definition) is 3. The van der Waals surface area contributed by atoms with E-state index in [1.807, 2.05) is 0 Å². The highest BCUT2D eigenvalue weighted by atomic mass is 16.4. The Labute approximate surface area is 93.7 Å². The maximum atomic E-state index is 10.8. The average molecular weight is 221 g/mol. The summed E-state index contributed by atoms with van der Waals surface area (Å²) in [5.74, 6) is -0.566. The number of nitrogens with one attached hydrogen (secondary N) is 1. The van der Waals surface area contributed by atoms with Gasteiger partial charge in [0, 0.05) is 5.54 Å². The summed E-state index contributed by atoms with van der Waals surface area (Å²) in [5, 5.41) is 12.1. The highest BCUT2D eigenvalue weighted by molar-refractivity contribution is 5.86. The molecule has 4 N–H and O–H groups in total. The van der Waals surface area contributed by atoms with Crippen LogP contribution in [0.15, 0.2) is 12.1 Å². The molecule has 0 radical (unpaired) electrons. The van der Waals surface area contributed by atoms with Crippen molar-refractivity contribution >= 4 is 17.5 Å². The number of pyridine rings is 1. The maximum absolute atomic E-state index is 10.8. The second-order valence-corrected chi connectivity index (χ2v) is 4.48. The minimum absolute atomic E-state index is 0.0121. The molecule has 86 valence electrons. The fourth-order valence-corrected chi connectivity index (χ4v) is 1.81. The molecule has 16 heavy (non-hydrogen) atoms. The van der Waals surface area contributed by atoms with E-state index < -0.39 is 5.97 Å². The summed E-state index contributed by atoms with van der Waals surface area (Å²) >= 11 is 0. The van der Waals surface area contributed by atoms with Gasteiger partial charge >= 0.3 is 5.97 Å². The molecule has 0 saturated heterocycles. The van der Waals surface area contributed by atoms with Crippen LogP contribution in [-0.4, -0.2) is 21.6 Å². The van der Waals surface area contributed by atoms with Gasteiger partial charge in [-0.3, -0.25) is 0 Å². The van der Waals surface area contributed by atoms with Gasteiger partial charge in [-0.05, 0) is 38.3 Å². The van der Waals surface area contributed by atoms with Gasteiger partial charge in [-0.1, -0.05) is 0 Å². The molecule has 5 heteroatoms. The van der Waals surface area contributed by atoms with Crippen LogP contribution in [0.4, 0.5) is 11.5 Å². The zero-order chi connectivity index (χ0) is 11.8. The fourth-order valence-electron chi connectivity index (χ4n) is 1.81. The number of aromatic carboxylic acids is 1. The SMILES string of the molecule is CC1(Nc2nc(C(=O)O)ccc2N)CCC1. The topological polar surface area (TPSA) is 88.2 Å². The lowest BCUT2D eigenvalue weighted by atomic mass is 9.78. The Morgan fingerprint density at radius 1 is 1.56 bits per heavy atom. The van der Waals surface area contributed by atoms with E-state index in [4.69, 9.17) is 10.8 Å². The summed E-state index contributed by atoms with van der Waals surface area (Å²) in [6.45, 7) is 2.09. The van der Waals surface area contributed by atoms with E-state index in [2.05, 4.69) is 17.2 Å². The van der Waals surface area contributed by atoms with Crippen molar-refractivity contribution < 1.29 is 9.90 Å². The van der Waals surface area contributed by atoms with Crippen molar-refractivity contribution in [3.05, 3.63) is 17.8 Å². The van der Waals surface area contributed by atoms with E-state index in [1.54, 1.807) is 6.07 Å². The normalized spacial score (nSPS) is 17.6. The molecule has 0 aromatic carbocycles. The molecule has 1 saturated carbocycles. The zero-order valence-electron chi connectivity index (χ0n) is 9.16. The van der Waals surface area contributed by atoms with Gasteiger partial charge in [0.1, 0.15) is 0 Å². The number of rotatable bonds is 3. The molecular weight excluding hydrogens is 206 g/mol. The van der Waals surface area contributed by atoms with Crippen LogP contribution in [0, 0.1) is 0 Å². The number of carboxylic acid groups (broad SMARTS) is 1. The predicted molar refractivity (Wildman–Crippen MR) is 61.5 cm³/mol. The number of carboxylic acids is 1. The summed E-state index contributed by atoms with van der Waals surface area (Å²) in [5.41, 5.74) is 6.27. The number of carbonyl (C=O) groups is 1. The van der Waals surface area contributed by atoms with Crippen LogP contribution < -0.4 is 11.1 Å². The van der Waals surface area contributed by atoms with Gasteiger partial charge in [-0.25, -0.2) is 9.78 Å². The number of aromatic nitrogens is 1. The second-order valence-electron chi connectivity index (χ2n) is 4.48. The summed E-state index contributed by atoms with van der Waals surface area (Å²) in [6.07, 6.45) is 3.30. The van der Waals surface area contributed by atoms with Crippen molar-refractivity contribution in [1.29, 1.82) is 0 Å². The summed E-state index contributed by atoms with van der Waals surface area (Å²) < 4.78 is 0. The van der Waals surface area contributed by atoms with Gasteiger partial charge in [0.05, 0.1) is 5.69 Å². The molecule has 1 aliphatic rings. The third kappa shape index (κ3) is 1.93. The summed E-state index contributed by atoms with van der Waals surface area (Å²) in [7, 11) is 0. The second kappa shape index (κ2) is 3.66. The molecule has 0 amide bonds. The van der Waals surface area contributed by atoms with Crippen molar-refractivity contribution in [2.45, 2.75) is 31.7 Å². The molecule has 0 aliphatic heterocycles. The van der Waals surface area contributed by atoms with Crippen LogP contribution in [0.2, 0.25) is 0 Å². The van der Waals surface area contributed by atoms with E-state index in [0.29, 0.717) is 11.5 Å². The van der Waals surface area contributed by atoms with Crippen molar-refractivity contribution in [2.24, 2.45) is 0 Å². The lowest BCUT2D eigenvalue weighted by Gasteiger charge is -2.39. The molecule has 0 unspecified atom stereocenters. The van der Waals surface area contributed by atoms with E-state index in [1.165, 1.54) is 12.5 Å². The molecule has 0 spiro atoms. The predicted octanol–water partition coefficient (Wildman–Crippen LogP) is 1.72. The molecule has 2 rings (SSSR count). The number of nitrogens with zero attached hydrogens (tertiary/aromatic N) is 1. The van der Waals surface area contributed by atoms with Gasteiger partial charge in [0.25, 0.3) is 0 Å². The van der Waals surface area contributed by atoms with Gasteiger partial charge in [0.2, 0.25) is 0 Å². The fraction of sp³-hybridized carbons (Fsp3) is 0.455. The molecule has 0 atom stereocenters. The van der Waals surface area contributed by atoms with Gasteiger partial charge in [0.15, 0.2) is 11.5 Å². The molecule has 5 nitrogen and oxygen atoms in total. The zero-order valence-corrected chi connectivity index (χ0v) is 9.16. The van der Waals surface area contributed by atoms with Crippen molar-refractivity contribution in [1.82, 2.24) is 4.98 Å². The number of nitrogen functional groups attached to an aromatic ring is 1. The van der Waals surface area contributed by atoms with Crippen LogP contribution in [-0.2, 0) is 0 Å². The first kappa shape index (κ1) is 10.7. The van der Waals surface area contributed by atoms with Crippen molar-refractivity contribution in [3.63, 3.8) is 0 Å². The Hall–Kier alpha value is -1.78. The smallest absolute Gasteiger partial charge is 0.354 e. The quantitative estimate of drug-likeness (QED) is 0.723. The minimum atomic E-state index is -1.04. The molecule has 1 fully saturated rings. The lowest BCUT2D eigenvalue weighted by molar-refractivity contribution is 0.0690. The molecular formula is C11H15N3O2. The van der Waals surface area contributed by atoms with E-state index >= 15 is 0 Å². The molecule has 1 heterocycles. The third-order valence-corrected chi connectivity index (χ3v) is 3.02. The van der Waals surface area contributed by atoms with E-state index in [-0.39, 0.29) is 11.2 Å². The largest absolute Gasteiger partial charge is 0.477 e. The van der Waals surface area contributed by atoms with E-state index in [9.17, 15) is 4.79 Å². The van der Waals surface area contributed by atoms with Gasteiger partial charge < -0.3 is 16.2 Å². The first-order chi connectivity index (χ1) is 7.50. The first-order valence-corrected chi connectivity index (χ1v) is 5.28. The Bertz CT molecular complexity index is 427. The average Bonchev–Trinajstić information content (AvgIpc) is 2.18. The van der Waals surface area contributed by atoms with Crippen LogP contribution in [0.5, 0.6) is 0 Å². The maximum Gasteiger partial charge on any atom is 0.354 e. The van der Waals surface area contributed by atoms with Gasteiger partial charge in [-0.2, -0.15) is 0 Å². The van der Waals surface area contributed by atoms with Crippen molar-refractivity contribution in [3.8, 4) is 0 Å². The molecule has 0 bridgehead atoms. The summed E-state index contributed by atoms with van der Waals surface area (Å²) in [4.78, 5) is 14.8. The van der Waals surface area contributed by atoms with Crippen molar-refractivity contribution in [2.75, 3.05) is 11.1 Å². The van der Waals surface area contributed by atoms with Crippen LogP contribution in [0.25, 0.3) is 0 Å². The molecule has 1 aliphatic carbocycles. The number of hydrogen-bond acceptors (Lipinski definition) is 4. The highest BCUT2D eigenvalue weighted by Crippen LogP contribution is 2.35. The Kier molecular flexibility index (Phi) is 2.46. The Balaban J connectivity index is 2.25. The minimum Gasteiger partial charge on any atom is -0.477 e. The number of nitrogens with two attached hydrogens (primary N) is 1. The van der Waals surface area contributed by atoms with Crippen LogP contribution in [0.3, 0.4) is 0 Å². The third-order valence-electron chi connectivity index (χ3n) is 3.02. The lowest BCUT2D eigenvalue weighted by Crippen LogP contribution is -2.42. The summed E-state index contributed by atoms with van der Waals surface area (Å²) in [6, 6.07) is 2.98. The number of anilines is 2. The first-order valence-electron chi connectivity index (χ1n) is 5.28. The van der Waals surface area contributed by atoms with Crippen LogP contribution in [0.1, 0.15) is 36.7 Å². The van der Waals surface area contributed by atoms with E-state index in [0.717, 1.165) is 12.8 Å². The Morgan fingerprint density at radius 2 is 2.25 bits per heavy atom. The molecule has 1 aromatic rings. The molecule has 1 aromatic heterocycles. The Morgan fingerprint density at radius 3 is 2.75 bits per heavy atom. The monoisotopic (exact) mass is 221 g/mol.